The van der Waals surface area contributed by atoms with Crippen LogP contribution >= 0.6 is 0 Å². The fourth-order valence-electron chi connectivity index (χ4n) is 4.61. The lowest BCUT2D eigenvalue weighted by Gasteiger charge is -2.36. The molecule has 4 rings (SSSR count). The molecule has 2 saturated heterocycles. The topological polar surface area (TPSA) is 19.0 Å². The van der Waals surface area contributed by atoms with Crippen LogP contribution in [0, 0.1) is 0 Å². The van der Waals surface area contributed by atoms with Gasteiger partial charge in [-0.3, -0.25) is 9.80 Å². The molecule has 3 fully saturated rings. The Bertz CT molecular complexity index is 550. The van der Waals surface area contributed by atoms with E-state index in [1.165, 1.54) is 76.9 Å². The van der Waals surface area contributed by atoms with Crippen LogP contribution in [0.2, 0.25) is 0 Å². The van der Waals surface area contributed by atoms with Crippen molar-refractivity contribution in [2.75, 3.05) is 46.3 Å². The van der Waals surface area contributed by atoms with Gasteiger partial charge in [-0.2, -0.15) is 0 Å². The lowest BCUT2D eigenvalue weighted by molar-refractivity contribution is 0.112. The number of benzene rings is 1. The van der Waals surface area contributed by atoms with Crippen molar-refractivity contribution in [3.05, 3.63) is 29.8 Å². The second-order valence-corrected chi connectivity index (χ2v) is 8.19. The number of likely N-dealkylation sites (tertiary alicyclic amines) is 1. The summed E-state index contributed by atoms with van der Waals surface area (Å²) in [6, 6.07) is 9.56. The highest BCUT2D eigenvalue weighted by Crippen LogP contribution is 2.26. The predicted molar refractivity (Wildman–Crippen MR) is 102 cm³/mol. The van der Waals surface area contributed by atoms with Crippen molar-refractivity contribution < 1.29 is 4.74 Å². The molecule has 25 heavy (non-hydrogen) atoms. The summed E-state index contributed by atoms with van der Waals surface area (Å²) in [7, 11) is 2.24. The fourth-order valence-corrected chi connectivity index (χ4v) is 4.61. The van der Waals surface area contributed by atoms with Gasteiger partial charge in [0.1, 0.15) is 5.75 Å². The van der Waals surface area contributed by atoms with Crippen LogP contribution in [-0.4, -0.2) is 73.2 Å². The van der Waals surface area contributed by atoms with Gasteiger partial charge in [0, 0.05) is 51.9 Å². The molecular formula is C21H33N3O. The highest BCUT2D eigenvalue weighted by molar-refractivity contribution is 5.29. The third-order valence-corrected chi connectivity index (χ3v) is 6.21. The van der Waals surface area contributed by atoms with Gasteiger partial charge in [0.15, 0.2) is 0 Å². The largest absolute Gasteiger partial charge is 0.490 e. The van der Waals surface area contributed by atoms with E-state index < -0.39 is 0 Å². The molecule has 3 aliphatic rings. The second kappa shape index (κ2) is 8.07. The molecular weight excluding hydrogens is 310 g/mol. The molecule has 0 bridgehead atoms. The quantitative estimate of drug-likeness (QED) is 0.818. The first-order valence-corrected chi connectivity index (χ1v) is 10.2. The van der Waals surface area contributed by atoms with Gasteiger partial charge in [0.2, 0.25) is 0 Å². The standard InChI is InChI=1S/C21H33N3O/c1-22-11-13-24(14-12-22)19-9-10-23(17-19)16-18-5-4-8-21(15-18)25-20-6-2-3-7-20/h4-5,8,15,19-20H,2-3,6-7,9-14,16-17H2,1H3/t19-/m0/s1. The van der Waals surface area contributed by atoms with Crippen molar-refractivity contribution in [2.24, 2.45) is 0 Å². The molecule has 0 spiro atoms. The lowest BCUT2D eigenvalue weighted by Crippen LogP contribution is -2.49. The van der Waals surface area contributed by atoms with Gasteiger partial charge in [-0.05, 0) is 56.8 Å². The highest BCUT2D eigenvalue weighted by atomic mass is 16.5. The zero-order chi connectivity index (χ0) is 17.1. The van der Waals surface area contributed by atoms with Gasteiger partial charge in [-0.1, -0.05) is 12.1 Å². The minimum absolute atomic E-state index is 0.448. The molecule has 4 nitrogen and oxygen atoms in total. The molecule has 1 atom stereocenters. The molecule has 0 amide bonds. The Labute approximate surface area is 152 Å². The molecule has 1 aromatic rings. The number of likely N-dealkylation sites (N-methyl/N-ethyl adjacent to an activating group) is 1. The highest BCUT2D eigenvalue weighted by Gasteiger charge is 2.29. The van der Waals surface area contributed by atoms with Crippen LogP contribution in [0.1, 0.15) is 37.7 Å². The third kappa shape index (κ3) is 4.55. The number of piperazine rings is 1. The molecule has 1 saturated carbocycles. The van der Waals surface area contributed by atoms with E-state index in [4.69, 9.17) is 4.74 Å². The molecule has 0 N–H and O–H groups in total. The smallest absolute Gasteiger partial charge is 0.120 e. The minimum Gasteiger partial charge on any atom is -0.490 e. The molecule has 2 heterocycles. The van der Waals surface area contributed by atoms with E-state index in [2.05, 4.69) is 46.0 Å². The Morgan fingerprint density at radius 1 is 1.00 bits per heavy atom. The van der Waals surface area contributed by atoms with Crippen LogP contribution in [0.25, 0.3) is 0 Å². The summed E-state index contributed by atoms with van der Waals surface area (Å²) in [5, 5.41) is 0. The Morgan fingerprint density at radius 3 is 2.60 bits per heavy atom. The van der Waals surface area contributed by atoms with Gasteiger partial charge >= 0.3 is 0 Å². The first-order chi connectivity index (χ1) is 12.3. The predicted octanol–water partition coefficient (Wildman–Crippen LogP) is 2.83. The van der Waals surface area contributed by atoms with Crippen molar-refractivity contribution >= 4 is 0 Å². The fraction of sp³-hybridized carbons (Fsp3) is 0.714. The average molecular weight is 344 g/mol. The van der Waals surface area contributed by atoms with E-state index in [0.29, 0.717) is 6.10 Å². The van der Waals surface area contributed by atoms with Gasteiger partial charge in [-0.15, -0.1) is 0 Å². The van der Waals surface area contributed by atoms with Crippen LogP contribution in [0.5, 0.6) is 5.75 Å². The van der Waals surface area contributed by atoms with Crippen molar-refractivity contribution in [3.8, 4) is 5.75 Å². The molecule has 0 unspecified atom stereocenters. The first kappa shape index (κ1) is 17.3. The monoisotopic (exact) mass is 343 g/mol. The van der Waals surface area contributed by atoms with Crippen LogP contribution < -0.4 is 4.74 Å². The Kier molecular flexibility index (Phi) is 5.59. The van der Waals surface area contributed by atoms with E-state index in [1.54, 1.807) is 0 Å². The van der Waals surface area contributed by atoms with Gasteiger partial charge in [0.05, 0.1) is 6.10 Å². The summed E-state index contributed by atoms with van der Waals surface area (Å²) in [6.45, 7) is 8.42. The van der Waals surface area contributed by atoms with Gasteiger partial charge < -0.3 is 9.64 Å². The van der Waals surface area contributed by atoms with Crippen molar-refractivity contribution in [1.82, 2.24) is 14.7 Å². The van der Waals surface area contributed by atoms with E-state index in [-0.39, 0.29) is 0 Å². The maximum atomic E-state index is 6.18. The zero-order valence-corrected chi connectivity index (χ0v) is 15.7. The number of hydrogen-bond acceptors (Lipinski definition) is 4. The van der Waals surface area contributed by atoms with E-state index >= 15 is 0 Å². The number of nitrogens with zero attached hydrogens (tertiary/aromatic N) is 3. The van der Waals surface area contributed by atoms with E-state index in [9.17, 15) is 0 Å². The Hall–Kier alpha value is -1.10. The number of hydrogen-bond donors (Lipinski definition) is 0. The van der Waals surface area contributed by atoms with E-state index in [0.717, 1.165) is 18.3 Å². The Balaban J connectivity index is 1.29. The molecule has 0 aromatic heterocycles. The summed E-state index contributed by atoms with van der Waals surface area (Å²) in [6.07, 6.45) is 6.87. The SMILES string of the molecule is CN1CCN([C@H]2CCN(Cc3cccc(OC4CCCC4)c3)C2)CC1. The number of ether oxygens (including phenoxy) is 1. The lowest BCUT2D eigenvalue weighted by atomic mass is 10.2. The van der Waals surface area contributed by atoms with Crippen LogP contribution in [-0.2, 0) is 6.54 Å². The number of rotatable bonds is 5. The second-order valence-electron chi connectivity index (χ2n) is 8.19. The summed E-state index contributed by atoms with van der Waals surface area (Å²) < 4.78 is 6.18. The third-order valence-electron chi connectivity index (χ3n) is 6.21. The van der Waals surface area contributed by atoms with Crippen LogP contribution in [0.4, 0.5) is 0 Å². The summed E-state index contributed by atoms with van der Waals surface area (Å²) in [5.41, 5.74) is 1.40. The van der Waals surface area contributed by atoms with Gasteiger partial charge in [0.25, 0.3) is 0 Å². The maximum absolute atomic E-state index is 6.18. The molecule has 2 aliphatic heterocycles. The van der Waals surface area contributed by atoms with Gasteiger partial charge in [-0.25, -0.2) is 0 Å². The van der Waals surface area contributed by atoms with Crippen molar-refractivity contribution in [2.45, 2.75) is 50.8 Å². The van der Waals surface area contributed by atoms with Crippen LogP contribution in [0.3, 0.4) is 0 Å². The first-order valence-electron chi connectivity index (χ1n) is 10.2. The van der Waals surface area contributed by atoms with Crippen molar-refractivity contribution in [1.29, 1.82) is 0 Å². The Morgan fingerprint density at radius 2 is 1.80 bits per heavy atom. The maximum Gasteiger partial charge on any atom is 0.120 e. The summed E-state index contributed by atoms with van der Waals surface area (Å²) in [5.74, 6) is 1.07. The van der Waals surface area contributed by atoms with Crippen molar-refractivity contribution in [3.63, 3.8) is 0 Å². The normalized spacial score (nSPS) is 27.2. The van der Waals surface area contributed by atoms with Crippen LogP contribution in [0.15, 0.2) is 24.3 Å². The summed E-state index contributed by atoms with van der Waals surface area (Å²) >= 11 is 0. The van der Waals surface area contributed by atoms with E-state index in [1.807, 2.05) is 0 Å². The average Bonchev–Trinajstić information content (AvgIpc) is 3.28. The molecule has 1 aromatic carbocycles. The summed E-state index contributed by atoms with van der Waals surface area (Å²) in [4.78, 5) is 7.77. The minimum atomic E-state index is 0.448. The molecule has 4 heteroatoms. The molecule has 1 aliphatic carbocycles. The zero-order valence-electron chi connectivity index (χ0n) is 15.7. The molecule has 138 valence electrons. The molecule has 0 radical (unpaired) electrons.